The Hall–Kier alpha value is -1.21. The van der Waals surface area contributed by atoms with Gasteiger partial charge in [-0.1, -0.05) is 0 Å². The van der Waals surface area contributed by atoms with Crippen LogP contribution in [0.15, 0.2) is 23.4 Å². The van der Waals surface area contributed by atoms with Crippen LogP contribution in [0.4, 0.5) is 0 Å². The third-order valence-corrected chi connectivity index (χ3v) is 8.84. The molecule has 3 heterocycles. The minimum Gasteiger partial charge on any atom is -0.377 e. The van der Waals surface area contributed by atoms with Gasteiger partial charge in [0.2, 0.25) is 0 Å². The number of likely N-dealkylation sites (tertiary alicyclic amines) is 1. The molecule has 1 saturated heterocycles. The van der Waals surface area contributed by atoms with Crippen LogP contribution in [0.5, 0.6) is 0 Å². The van der Waals surface area contributed by atoms with E-state index in [0.717, 1.165) is 31.5 Å². The molecule has 1 fully saturated rings. The summed E-state index contributed by atoms with van der Waals surface area (Å²) in [7, 11) is 0. The van der Waals surface area contributed by atoms with Crippen molar-refractivity contribution >= 4 is 41.0 Å². The van der Waals surface area contributed by atoms with Crippen molar-refractivity contribution in [1.82, 2.24) is 9.80 Å². The maximum absolute atomic E-state index is 13.3. The van der Waals surface area contributed by atoms with Crippen molar-refractivity contribution in [1.29, 1.82) is 0 Å². The van der Waals surface area contributed by atoms with Crippen LogP contribution in [0.3, 0.4) is 0 Å². The fraction of sp³-hybridized carbons (Fsp3) is 0.667. The van der Waals surface area contributed by atoms with Crippen molar-refractivity contribution in [3.63, 3.8) is 0 Å². The number of hydrogen-bond donors (Lipinski definition) is 0. The first kappa shape index (κ1) is 21.5. The topological polar surface area (TPSA) is 57.7 Å². The van der Waals surface area contributed by atoms with Crippen LogP contribution in [0, 0.1) is 0 Å². The fourth-order valence-electron chi connectivity index (χ4n) is 4.30. The minimum absolute atomic E-state index is 0.0277. The van der Waals surface area contributed by atoms with Gasteiger partial charge in [0.15, 0.2) is 16.3 Å². The van der Waals surface area contributed by atoms with Crippen LogP contribution in [0.25, 0.3) is 0 Å². The smallest absolute Gasteiger partial charge is 0.252 e. The van der Waals surface area contributed by atoms with Crippen molar-refractivity contribution in [2.45, 2.75) is 61.8 Å². The number of amides is 1. The number of rotatable bonds is 5. The molecule has 0 bridgehead atoms. The minimum atomic E-state index is -1.25. The predicted octanol–water partition coefficient (Wildman–Crippen LogP) is 3.26. The van der Waals surface area contributed by atoms with E-state index < -0.39 is 4.75 Å². The average molecular weight is 423 g/mol. The Morgan fingerprint density at radius 3 is 2.39 bits per heavy atom. The van der Waals surface area contributed by atoms with Gasteiger partial charge in [-0.25, -0.2) is 0 Å². The van der Waals surface area contributed by atoms with Crippen LogP contribution in [-0.2, 0) is 14.4 Å². The zero-order valence-electron chi connectivity index (χ0n) is 17.4. The maximum atomic E-state index is 13.3. The summed E-state index contributed by atoms with van der Waals surface area (Å²) < 4.78 is -1.44. The van der Waals surface area contributed by atoms with Crippen molar-refractivity contribution < 1.29 is 14.4 Å². The van der Waals surface area contributed by atoms with Gasteiger partial charge in [0, 0.05) is 36.9 Å². The highest BCUT2D eigenvalue weighted by Gasteiger charge is 2.57. The Balaban J connectivity index is 2.01. The number of carbonyl (C=O) groups excluding carboxylic acids is 3. The van der Waals surface area contributed by atoms with E-state index in [1.165, 1.54) is 30.4 Å². The zero-order chi connectivity index (χ0) is 20.7. The first-order valence-corrected chi connectivity index (χ1v) is 12.0. The molecule has 0 spiro atoms. The van der Waals surface area contributed by atoms with Gasteiger partial charge >= 0.3 is 0 Å². The molecule has 0 saturated carbocycles. The Morgan fingerprint density at radius 2 is 1.86 bits per heavy atom. The Bertz CT molecular complexity index is 747. The highest BCUT2D eigenvalue weighted by Crippen LogP contribution is 2.55. The van der Waals surface area contributed by atoms with Crippen molar-refractivity contribution in [3.8, 4) is 0 Å². The normalized spacial score (nSPS) is 28.5. The summed E-state index contributed by atoms with van der Waals surface area (Å²) >= 11 is 2.88. The molecule has 154 valence electrons. The number of Topliss-reactive ketones (excluding diaryl/α,β-unsaturated/α-hetero) is 1. The number of allylic oxidation sites excluding steroid dienone is 1. The largest absolute Gasteiger partial charge is 0.377 e. The quantitative estimate of drug-likeness (QED) is 0.501. The van der Waals surface area contributed by atoms with Crippen molar-refractivity contribution in [3.05, 3.63) is 23.4 Å². The summed E-state index contributed by atoms with van der Waals surface area (Å²) in [6.07, 6.45) is 8.17. The number of carbonyl (C=O) groups is 3. The van der Waals surface area contributed by atoms with Gasteiger partial charge in [-0.15, -0.1) is 23.5 Å². The summed E-state index contributed by atoms with van der Waals surface area (Å²) in [6, 6.07) is 0. The Morgan fingerprint density at radius 1 is 1.21 bits per heavy atom. The SMILES string of the molecule is CSC1SC(C(C)=O)(C(=O)/C=C/N2CCCC2)C2=C1C(=O)N(C(C)(C)C)CC2. The molecule has 0 radical (unpaired) electrons. The van der Waals surface area contributed by atoms with Crippen LogP contribution < -0.4 is 0 Å². The van der Waals surface area contributed by atoms with E-state index in [1.807, 2.05) is 38.1 Å². The first-order valence-electron chi connectivity index (χ1n) is 9.86. The molecule has 1 amide bonds. The molecule has 0 aromatic heterocycles. The highest BCUT2D eigenvalue weighted by molar-refractivity contribution is 8.18. The van der Waals surface area contributed by atoms with Crippen LogP contribution in [-0.4, -0.2) is 68.0 Å². The van der Waals surface area contributed by atoms with E-state index >= 15 is 0 Å². The average Bonchev–Trinajstić information content (AvgIpc) is 3.25. The van der Waals surface area contributed by atoms with Gasteiger partial charge < -0.3 is 9.80 Å². The molecule has 0 N–H and O–H groups in total. The lowest BCUT2D eigenvalue weighted by Gasteiger charge is -2.40. The maximum Gasteiger partial charge on any atom is 0.252 e. The third-order valence-electron chi connectivity index (χ3n) is 5.77. The molecule has 28 heavy (non-hydrogen) atoms. The van der Waals surface area contributed by atoms with Gasteiger partial charge in [-0.3, -0.25) is 14.4 Å². The van der Waals surface area contributed by atoms with E-state index in [0.29, 0.717) is 18.5 Å². The molecule has 2 unspecified atom stereocenters. The molecule has 0 aliphatic carbocycles. The molecule has 0 aromatic rings. The monoisotopic (exact) mass is 422 g/mol. The molecule has 3 aliphatic heterocycles. The second kappa shape index (κ2) is 7.90. The molecular formula is C21H30N2O3S2. The summed E-state index contributed by atoms with van der Waals surface area (Å²) in [6.45, 7) is 10.00. The highest BCUT2D eigenvalue weighted by atomic mass is 32.2. The summed E-state index contributed by atoms with van der Waals surface area (Å²) in [4.78, 5) is 43.5. The molecule has 2 atom stereocenters. The second-order valence-corrected chi connectivity index (χ2v) is 11.2. The summed E-state index contributed by atoms with van der Waals surface area (Å²) in [5, 5.41) is 0. The van der Waals surface area contributed by atoms with Gasteiger partial charge in [0.05, 0.1) is 4.58 Å². The summed E-state index contributed by atoms with van der Waals surface area (Å²) in [5.41, 5.74) is 1.12. The summed E-state index contributed by atoms with van der Waals surface area (Å²) in [5.74, 6) is -0.396. The van der Waals surface area contributed by atoms with E-state index in [4.69, 9.17) is 0 Å². The van der Waals surface area contributed by atoms with Crippen LogP contribution >= 0.6 is 23.5 Å². The lowest BCUT2D eigenvalue weighted by Crippen LogP contribution is -2.51. The lowest BCUT2D eigenvalue weighted by atomic mass is 9.82. The molecule has 0 aromatic carbocycles. The van der Waals surface area contributed by atoms with Crippen molar-refractivity contribution in [2.24, 2.45) is 0 Å². The number of hydrogen-bond acceptors (Lipinski definition) is 6. The standard InChI is InChI=1S/C21H30N2O3S2/c1-14(24)21(16(25)9-12-22-10-6-7-11-22)15-8-13-23(20(2,3)4)18(26)17(15)19(27-5)28-21/h9,12,19H,6-8,10-11,13H2,1-5H3/b12-9+. The number of ketones is 2. The first-order chi connectivity index (χ1) is 13.1. The third kappa shape index (κ3) is 3.56. The lowest BCUT2D eigenvalue weighted by molar-refractivity contribution is -0.132. The molecule has 3 rings (SSSR count). The van der Waals surface area contributed by atoms with E-state index in [9.17, 15) is 14.4 Å². The van der Waals surface area contributed by atoms with Gasteiger partial charge in [-0.05, 0) is 64.9 Å². The second-order valence-electron chi connectivity index (χ2n) is 8.62. The predicted molar refractivity (Wildman–Crippen MR) is 116 cm³/mol. The van der Waals surface area contributed by atoms with Gasteiger partial charge in [0.1, 0.15) is 0 Å². The van der Waals surface area contributed by atoms with Crippen LogP contribution in [0.1, 0.15) is 47.0 Å². The van der Waals surface area contributed by atoms with Gasteiger partial charge in [0.25, 0.3) is 5.91 Å². The number of nitrogens with zero attached hydrogens (tertiary/aromatic N) is 2. The molecule has 3 aliphatic rings. The Labute approximate surface area is 176 Å². The van der Waals surface area contributed by atoms with E-state index in [-0.39, 0.29) is 27.6 Å². The van der Waals surface area contributed by atoms with Crippen molar-refractivity contribution in [2.75, 3.05) is 25.9 Å². The van der Waals surface area contributed by atoms with E-state index in [2.05, 4.69) is 4.90 Å². The fourth-order valence-corrected chi connectivity index (χ4v) is 6.98. The van der Waals surface area contributed by atoms with Gasteiger partial charge in [-0.2, -0.15) is 0 Å². The number of thioether (sulfide) groups is 2. The molecular weight excluding hydrogens is 392 g/mol. The van der Waals surface area contributed by atoms with Crippen LogP contribution in [0.2, 0.25) is 0 Å². The molecule has 5 nitrogen and oxygen atoms in total. The zero-order valence-corrected chi connectivity index (χ0v) is 19.0. The molecule has 7 heteroatoms. The van der Waals surface area contributed by atoms with E-state index in [1.54, 1.807) is 6.08 Å². The Kier molecular flexibility index (Phi) is 6.07.